The fraction of sp³-hybridized carbons (Fsp3) is 0.375. The molecule has 1 aliphatic carbocycles. The quantitative estimate of drug-likeness (QED) is 0.310. The predicted molar refractivity (Wildman–Crippen MR) is 160 cm³/mol. The molecule has 0 saturated heterocycles. The van der Waals surface area contributed by atoms with Gasteiger partial charge in [0.1, 0.15) is 24.2 Å². The number of carbonyl (C=O) groups excluding carboxylic acids is 2. The Morgan fingerprint density at radius 2 is 1.60 bits per heavy atom. The van der Waals surface area contributed by atoms with Crippen LogP contribution in [0.1, 0.15) is 50.2 Å². The van der Waals surface area contributed by atoms with Crippen LogP contribution in [0.25, 0.3) is 0 Å². The number of carbonyl (C=O) groups is 2. The molecule has 8 nitrogen and oxygen atoms in total. The van der Waals surface area contributed by atoms with Gasteiger partial charge in [0.2, 0.25) is 11.8 Å². The Morgan fingerprint density at radius 3 is 2.17 bits per heavy atom. The average molecular weight is 596 g/mol. The summed E-state index contributed by atoms with van der Waals surface area (Å²) in [6.45, 7) is 3.18. The Morgan fingerprint density at radius 1 is 0.976 bits per heavy atom. The summed E-state index contributed by atoms with van der Waals surface area (Å²) in [5.74, 6) is -0.705. The van der Waals surface area contributed by atoms with E-state index in [1.165, 1.54) is 29.2 Å². The Labute approximate surface area is 247 Å². The van der Waals surface area contributed by atoms with Crippen molar-refractivity contribution < 1.29 is 27.1 Å². The van der Waals surface area contributed by atoms with Crippen molar-refractivity contribution in [2.75, 3.05) is 18.0 Å². The molecule has 0 radical (unpaired) electrons. The summed E-state index contributed by atoms with van der Waals surface area (Å²) >= 11 is 0. The fourth-order valence-corrected chi connectivity index (χ4v) is 6.60. The van der Waals surface area contributed by atoms with Crippen LogP contribution in [0.3, 0.4) is 0 Å². The second-order valence-electron chi connectivity index (χ2n) is 10.6. The van der Waals surface area contributed by atoms with Gasteiger partial charge >= 0.3 is 0 Å². The normalized spacial score (nSPS) is 14.3. The average Bonchev–Trinajstić information content (AvgIpc) is 3.49. The van der Waals surface area contributed by atoms with Gasteiger partial charge in [0, 0.05) is 12.6 Å². The van der Waals surface area contributed by atoms with Crippen LogP contribution in [0.2, 0.25) is 0 Å². The van der Waals surface area contributed by atoms with Crippen LogP contribution < -0.4 is 14.4 Å². The number of hydrogen-bond acceptors (Lipinski definition) is 5. The zero-order valence-corrected chi connectivity index (χ0v) is 25.1. The van der Waals surface area contributed by atoms with Crippen LogP contribution in [-0.2, 0) is 26.2 Å². The summed E-state index contributed by atoms with van der Waals surface area (Å²) < 4.78 is 47.8. The van der Waals surface area contributed by atoms with Crippen molar-refractivity contribution in [1.29, 1.82) is 0 Å². The Kier molecular flexibility index (Phi) is 10.2. The molecule has 10 heteroatoms. The van der Waals surface area contributed by atoms with Gasteiger partial charge in [-0.25, -0.2) is 12.8 Å². The van der Waals surface area contributed by atoms with Crippen LogP contribution in [0.5, 0.6) is 5.75 Å². The molecular formula is C32H38FN3O5S. The van der Waals surface area contributed by atoms with E-state index in [1.807, 2.05) is 26.0 Å². The maximum Gasteiger partial charge on any atom is 0.264 e. The minimum absolute atomic E-state index is 0.00190. The topological polar surface area (TPSA) is 96.0 Å². The van der Waals surface area contributed by atoms with E-state index in [-0.39, 0.29) is 29.1 Å². The van der Waals surface area contributed by atoms with E-state index in [4.69, 9.17) is 4.74 Å². The van der Waals surface area contributed by atoms with Gasteiger partial charge in [-0.05, 0) is 80.3 Å². The van der Waals surface area contributed by atoms with Crippen molar-refractivity contribution in [3.63, 3.8) is 0 Å². The van der Waals surface area contributed by atoms with E-state index >= 15 is 0 Å². The molecule has 0 aromatic heterocycles. The molecule has 1 aliphatic rings. The monoisotopic (exact) mass is 595 g/mol. The summed E-state index contributed by atoms with van der Waals surface area (Å²) in [7, 11) is -2.66. The Balaban J connectivity index is 1.70. The molecule has 0 unspecified atom stereocenters. The lowest BCUT2D eigenvalue weighted by molar-refractivity contribution is -0.140. The molecule has 3 aromatic rings. The minimum atomic E-state index is -4.22. The van der Waals surface area contributed by atoms with E-state index < -0.39 is 34.3 Å². The van der Waals surface area contributed by atoms with E-state index in [0.29, 0.717) is 12.2 Å². The molecule has 1 saturated carbocycles. The summed E-state index contributed by atoms with van der Waals surface area (Å²) in [6, 6.07) is 17.6. The SMILES string of the molecule is CC[C@H](C(=O)NC1CCCC1)N(Cc1ccc(OC)cc1)C(=O)CN(c1ccc(F)cc1)S(=O)(=O)c1ccc(C)cc1. The van der Waals surface area contributed by atoms with Crippen molar-refractivity contribution in [2.24, 2.45) is 0 Å². The molecule has 0 aliphatic heterocycles. The van der Waals surface area contributed by atoms with Gasteiger partial charge in [-0.3, -0.25) is 13.9 Å². The number of sulfonamides is 1. The first-order chi connectivity index (χ1) is 20.1. The van der Waals surface area contributed by atoms with E-state index in [2.05, 4.69) is 5.32 Å². The largest absolute Gasteiger partial charge is 0.497 e. The number of aryl methyl sites for hydroxylation is 1. The third-order valence-electron chi connectivity index (χ3n) is 7.60. The summed E-state index contributed by atoms with van der Waals surface area (Å²) in [5.41, 5.74) is 1.77. The number of rotatable bonds is 12. The number of hydrogen-bond donors (Lipinski definition) is 1. The maximum absolute atomic E-state index is 14.1. The number of amides is 2. The number of ether oxygens (including phenoxy) is 1. The van der Waals surface area contributed by atoms with Crippen molar-refractivity contribution in [3.8, 4) is 5.75 Å². The lowest BCUT2D eigenvalue weighted by atomic mass is 10.1. The molecule has 0 bridgehead atoms. The highest BCUT2D eigenvalue weighted by Crippen LogP contribution is 2.26. The lowest BCUT2D eigenvalue weighted by Gasteiger charge is -2.33. The number of halogens is 1. The molecule has 42 heavy (non-hydrogen) atoms. The minimum Gasteiger partial charge on any atom is -0.497 e. The molecule has 224 valence electrons. The molecule has 3 aromatic carbocycles. The van der Waals surface area contributed by atoms with Crippen molar-refractivity contribution in [1.82, 2.24) is 10.2 Å². The van der Waals surface area contributed by atoms with Gasteiger partial charge in [0.25, 0.3) is 10.0 Å². The third kappa shape index (κ3) is 7.47. The lowest BCUT2D eigenvalue weighted by Crippen LogP contribution is -2.53. The van der Waals surface area contributed by atoms with Gasteiger partial charge < -0.3 is 15.0 Å². The number of nitrogens with zero attached hydrogens (tertiary/aromatic N) is 2. The molecule has 1 N–H and O–H groups in total. The molecule has 0 heterocycles. The predicted octanol–water partition coefficient (Wildman–Crippen LogP) is 5.20. The molecule has 4 rings (SSSR count). The van der Waals surface area contributed by atoms with E-state index in [1.54, 1.807) is 31.4 Å². The summed E-state index contributed by atoms with van der Waals surface area (Å²) in [6.07, 6.45) is 4.20. The molecular weight excluding hydrogens is 557 g/mol. The summed E-state index contributed by atoms with van der Waals surface area (Å²) in [4.78, 5) is 29.1. The fourth-order valence-electron chi connectivity index (χ4n) is 5.19. The first-order valence-electron chi connectivity index (χ1n) is 14.2. The van der Waals surface area contributed by atoms with Gasteiger partial charge in [-0.15, -0.1) is 0 Å². The van der Waals surface area contributed by atoms with E-state index in [0.717, 1.165) is 53.2 Å². The van der Waals surface area contributed by atoms with Gasteiger partial charge in [0.05, 0.1) is 17.7 Å². The van der Waals surface area contributed by atoms with Gasteiger partial charge in [-0.2, -0.15) is 0 Å². The molecule has 1 fully saturated rings. The number of nitrogens with one attached hydrogen (secondary N) is 1. The Hall–Kier alpha value is -3.92. The van der Waals surface area contributed by atoms with E-state index in [9.17, 15) is 22.4 Å². The van der Waals surface area contributed by atoms with Crippen molar-refractivity contribution in [3.05, 3.63) is 89.7 Å². The molecule has 2 amide bonds. The van der Waals surface area contributed by atoms with Crippen LogP contribution in [0, 0.1) is 12.7 Å². The Bertz CT molecular complexity index is 1460. The van der Waals surface area contributed by atoms with Crippen molar-refractivity contribution >= 4 is 27.5 Å². The second-order valence-corrected chi connectivity index (χ2v) is 12.4. The van der Waals surface area contributed by atoms with Gasteiger partial charge in [-0.1, -0.05) is 49.6 Å². The second kappa shape index (κ2) is 13.8. The van der Waals surface area contributed by atoms with Crippen LogP contribution in [0.15, 0.2) is 77.7 Å². The maximum atomic E-state index is 14.1. The van der Waals surface area contributed by atoms with Crippen LogP contribution in [0.4, 0.5) is 10.1 Å². The first kappa shape index (κ1) is 31.0. The van der Waals surface area contributed by atoms with Crippen LogP contribution >= 0.6 is 0 Å². The highest BCUT2D eigenvalue weighted by atomic mass is 32.2. The van der Waals surface area contributed by atoms with Gasteiger partial charge in [0.15, 0.2) is 0 Å². The third-order valence-corrected chi connectivity index (χ3v) is 9.39. The van der Waals surface area contributed by atoms with Crippen LogP contribution in [-0.4, -0.2) is 50.9 Å². The first-order valence-corrected chi connectivity index (χ1v) is 15.6. The highest BCUT2D eigenvalue weighted by molar-refractivity contribution is 7.92. The summed E-state index contributed by atoms with van der Waals surface area (Å²) in [5, 5.41) is 3.10. The zero-order chi connectivity index (χ0) is 30.3. The zero-order valence-electron chi connectivity index (χ0n) is 24.3. The molecule has 0 spiro atoms. The number of methoxy groups -OCH3 is 1. The molecule has 1 atom stereocenters. The number of anilines is 1. The highest BCUT2D eigenvalue weighted by Gasteiger charge is 2.34. The van der Waals surface area contributed by atoms with Crippen molar-refractivity contribution in [2.45, 2.75) is 69.5 Å². The standard InChI is InChI=1S/C32H38FN3O5S/c1-4-30(32(38)34-26-7-5-6-8-26)35(21-24-11-17-28(41-3)18-12-24)31(37)22-36(27-15-13-25(33)14-16-27)42(39,40)29-19-9-23(2)10-20-29/h9-20,26,30H,4-8,21-22H2,1-3H3,(H,34,38)/t30-/m1/s1. The smallest absolute Gasteiger partial charge is 0.264 e. The number of benzene rings is 3.